The first-order valence-electron chi connectivity index (χ1n) is 6.28. The Morgan fingerprint density at radius 1 is 0.952 bits per heavy atom. The fourth-order valence-corrected chi connectivity index (χ4v) is 1.96. The van der Waals surface area contributed by atoms with E-state index >= 15 is 0 Å². The quantitative estimate of drug-likeness (QED) is 0.908. The number of carboxylic acid groups (broad SMARTS) is 1. The molecule has 2 N–H and O–H groups in total. The molecule has 0 heterocycles. The molecule has 108 valence electrons. The van der Waals surface area contributed by atoms with Crippen LogP contribution in [0.1, 0.15) is 20.7 Å². The Kier molecular flexibility index (Phi) is 3.93. The average molecular weight is 285 g/mol. The maximum Gasteiger partial charge on any atom is 0.339 e. The van der Waals surface area contributed by atoms with Crippen LogP contribution in [0.15, 0.2) is 42.5 Å². The van der Waals surface area contributed by atoms with Gasteiger partial charge in [0.1, 0.15) is 11.3 Å². The third kappa shape index (κ3) is 3.02. The third-order valence-corrected chi connectivity index (χ3v) is 3.10. The lowest BCUT2D eigenvalue weighted by Crippen LogP contribution is -2.21. The zero-order chi connectivity index (χ0) is 15.6. The smallest absolute Gasteiger partial charge is 0.339 e. The van der Waals surface area contributed by atoms with Crippen LogP contribution in [0.4, 0.5) is 0 Å². The van der Waals surface area contributed by atoms with Crippen LogP contribution in [0, 0.1) is 0 Å². The predicted molar refractivity (Wildman–Crippen MR) is 78.5 cm³/mol. The molecule has 0 unspecified atom stereocenters. The average Bonchev–Trinajstić information content (AvgIpc) is 2.46. The minimum absolute atomic E-state index is 0.0920. The van der Waals surface area contributed by atoms with Gasteiger partial charge in [0, 0.05) is 19.7 Å². The number of amides is 1. The number of hydrogen-bond acceptors (Lipinski definition) is 3. The van der Waals surface area contributed by atoms with E-state index in [0.29, 0.717) is 11.1 Å². The Hall–Kier alpha value is -2.82. The van der Waals surface area contributed by atoms with E-state index in [0.717, 1.165) is 5.56 Å². The van der Waals surface area contributed by atoms with Crippen LogP contribution >= 0.6 is 0 Å². The number of aromatic hydroxyl groups is 1. The van der Waals surface area contributed by atoms with Gasteiger partial charge in [0.05, 0.1) is 0 Å². The molecule has 2 rings (SSSR count). The molecule has 0 aliphatic carbocycles. The number of benzene rings is 2. The van der Waals surface area contributed by atoms with Crippen molar-refractivity contribution in [2.45, 2.75) is 0 Å². The lowest BCUT2D eigenvalue weighted by molar-refractivity contribution is 0.0693. The maximum absolute atomic E-state index is 11.8. The van der Waals surface area contributed by atoms with E-state index in [1.165, 1.54) is 17.0 Å². The van der Waals surface area contributed by atoms with E-state index in [4.69, 9.17) is 5.11 Å². The summed E-state index contributed by atoms with van der Waals surface area (Å²) in [5, 5.41) is 18.6. The summed E-state index contributed by atoms with van der Waals surface area (Å²) in [5.74, 6) is -1.55. The van der Waals surface area contributed by atoms with Crippen molar-refractivity contribution in [2.24, 2.45) is 0 Å². The Balaban J connectivity index is 2.33. The predicted octanol–water partition coefficient (Wildman–Crippen LogP) is 2.46. The van der Waals surface area contributed by atoms with Gasteiger partial charge in [0.2, 0.25) is 0 Å². The highest BCUT2D eigenvalue weighted by Gasteiger charge is 2.11. The normalized spacial score (nSPS) is 10.2. The zero-order valence-corrected chi connectivity index (χ0v) is 11.7. The van der Waals surface area contributed by atoms with E-state index < -0.39 is 5.97 Å². The van der Waals surface area contributed by atoms with Crippen LogP contribution in [-0.2, 0) is 0 Å². The molecule has 21 heavy (non-hydrogen) atoms. The van der Waals surface area contributed by atoms with Gasteiger partial charge in [-0.25, -0.2) is 4.79 Å². The minimum Gasteiger partial charge on any atom is -0.507 e. The second-order valence-corrected chi connectivity index (χ2v) is 4.81. The summed E-state index contributed by atoms with van der Waals surface area (Å²) in [7, 11) is 3.36. The number of hydrogen-bond donors (Lipinski definition) is 2. The molecule has 0 aliphatic rings. The van der Waals surface area contributed by atoms with E-state index in [9.17, 15) is 14.7 Å². The molecule has 1 amide bonds. The van der Waals surface area contributed by atoms with Gasteiger partial charge < -0.3 is 15.1 Å². The molecule has 0 fully saturated rings. The lowest BCUT2D eigenvalue weighted by atomic mass is 10.0. The summed E-state index contributed by atoms with van der Waals surface area (Å²) in [6, 6.07) is 11.3. The first-order chi connectivity index (χ1) is 9.90. The molecular weight excluding hydrogens is 270 g/mol. The fourth-order valence-electron chi connectivity index (χ4n) is 1.96. The minimum atomic E-state index is -1.18. The molecule has 0 radical (unpaired) electrons. The molecule has 2 aromatic carbocycles. The molecule has 5 heteroatoms. The Labute approximate surface area is 122 Å². The second-order valence-electron chi connectivity index (χ2n) is 4.81. The van der Waals surface area contributed by atoms with Crippen molar-refractivity contribution in [3.05, 3.63) is 53.6 Å². The number of carbonyl (C=O) groups is 2. The third-order valence-electron chi connectivity index (χ3n) is 3.10. The number of carbonyl (C=O) groups excluding carboxylic acids is 1. The molecule has 0 atom stereocenters. The summed E-state index contributed by atoms with van der Waals surface area (Å²) in [5.41, 5.74) is 1.90. The van der Waals surface area contributed by atoms with Crippen LogP contribution in [0.25, 0.3) is 11.1 Å². The number of rotatable bonds is 3. The van der Waals surface area contributed by atoms with Gasteiger partial charge in [-0.15, -0.1) is 0 Å². The summed E-state index contributed by atoms with van der Waals surface area (Å²) >= 11 is 0. The zero-order valence-electron chi connectivity index (χ0n) is 11.7. The fraction of sp³-hybridized carbons (Fsp3) is 0.125. The highest BCUT2D eigenvalue weighted by atomic mass is 16.4. The van der Waals surface area contributed by atoms with E-state index in [-0.39, 0.29) is 17.2 Å². The summed E-state index contributed by atoms with van der Waals surface area (Å²) in [6.45, 7) is 0. The highest BCUT2D eigenvalue weighted by Crippen LogP contribution is 2.26. The van der Waals surface area contributed by atoms with Crippen molar-refractivity contribution >= 4 is 11.9 Å². The van der Waals surface area contributed by atoms with Crippen molar-refractivity contribution in [2.75, 3.05) is 14.1 Å². The Morgan fingerprint density at radius 3 is 2.00 bits per heavy atom. The second kappa shape index (κ2) is 5.66. The number of phenols is 1. The van der Waals surface area contributed by atoms with E-state index in [2.05, 4.69) is 0 Å². The van der Waals surface area contributed by atoms with Gasteiger partial charge in [-0.3, -0.25) is 4.79 Å². The van der Waals surface area contributed by atoms with E-state index in [1.54, 1.807) is 44.4 Å². The summed E-state index contributed by atoms with van der Waals surface area (Å²) < 4.78 is 0. The molecule has 5 nitrogen and oxygen atoms in total. The maximum atomic E-state index is 11.8. The monoisotopic (exact) mass is 285 g/mol. The summed E-state index contributed by atoms with van der Waals surface area (Å²) in [6.07, 6.45) is 0. The van der Waals surface area contributed by atoms with Gasteiger partial charge >= 0.3 is 5.97 Å². The molecule has 0 aromatic heterocycles. The van der Waals surface area contributed by atoms with Gasteiger partial charge in [0.15, 0.2) is 0 Å². The van der Waals surface area contributed by atoms with Gasteiger partial charge in [-0.1, -0.05) is 18.2 Å². The topological polar surface area (TPSA) is 77.8 Å². The van der Waals surface area contributed by atoms with Crippen molar-refractivity contribution in [3.63, 3.8) is 0 Å². The molecule has 0 bridgehead atoms. The van der Waals surface area contributed by atoms with Crippen molar-refractivity contribution < 1.29 is 19.8 Å². The van der Waals surface area contributed by atoms with Gasteiger partial charge in [0.25, 0.3) is 5.91 Å². The first-order valence-corrected chi connectivity index (χ1v) is 6.28. The molecule has 0 spiro atoms. The lowest BCUT2D eigenvalue weighted by Gasteiger charge is -2.11. The van der Waals surface area contributed by atoms with Crippen LogP contribution in [-0.4, -0.2) is 41.1 Å². The Bertz CT molecular complexity index is 690. The van der Waals surface area contributed by atoms with Crippen LogP contribution in [0.2, 0.25) is 0 Å². The van der Waals surface area contributed by atoms with Crippen LogP contribution in [0.5, 0.6) is 5.75 Å². The first kappa shape index (κ1) is 14.6. The largest absolute Gasteiger partial charge is 0.507 e. The number of aromatic carboxylic acids is 1. The van der Waals surface area contributed by atoms with Crippen molar-refractivity contribution in [1.29, 1.82) is 0 Å². The van der Waals surface area contributed by atoms with E-state index in [1.807, 2.05) is 0 Å². The highest BCUT2D eigenvalue weighted by molar-refractivity contribution is 5.94. The van der Waals surface area contributed by atoms with Crippen molar-refractivity contribution in [1.82, 2.24) is 4.90 Å². The Morgan fingerprint density at radius 2 is 1.52 bits per heavy atom. The van der Waals surface area contributed by atoms with Crippen LogP contribution in [0.3, 0.4) is 0 Å². The molecular formula is C16H15NO4. The van der Waals surface area contributed by atoms with Crippen molar-refractivity contribution in [3.8, 4) is 16.9 Å². The molecule has 0 aliphatic heterocycles. The number of nitrogens with zero attached hydrogens (tertiary/aromatic N) is 1. The SMILES string of the molecule is CN(C)C(=O)c1ccc(-c2ccc(C(=O)O)c(O)c2)cc1. The van der Waals surface area contributed by atoms with Gasteiger partial charge in [-0.2, -0.15) is 0 Å². The summed E-state index contributed by atoms with van der Waals surface area (Å²) in [4.78, 5) is 24.1. The van der Waals surface area contributed by atoms with Crippen LogP contribution < -0.4 is 0 Å². The standard InChI is InChI=1S/C16H15NO4/c1-17(2)15(19)11-5-3-10(4-6-11)12-7-8-13(16(20)21)14(18)9-12/h3-9,18H,1-2H3,(H,20,21). The molecule has 0 saturated heterocycles. The molecule has 2 aromatic rings. The molecule has 0 saturated carbocycles. The van der Waals surface area contributed by atoms with Gasteiger partial charge in [-0.05, 0) is 35.4 Å². The number of carboxylic acids is 1.